The molecule has 0 spiro atoms. The standard InChI is InChI=1S/C11H23N3O/c1-9(7-12)8-14(2)10-5-3-4-6-13-11(10)15/h9-10H,3-8,12H2,1-2H3,(H,13,15). The summed E-state index contributed by atoms with van der Waals surface area (Å²) >= 11 is 0. The van der Waals surface area contributed by atoms with E-state index in [0.717, 1.165) is 32.4 Å². The van der Waals surface area contributed by atoms with Gasteiger partial charge < -0.3 is 11.1 Å². The Labute approximate surface area is 92.2 Å². The van der Waals surface area contributed by atoms with Gasteiger partial charge in [0.2, 0.25) is 5.91 Å². The molecule has 0 aromatic carbocycles. The number of carbonyl (C=O) groups is 1. The predicted molar refractivity (Wildman–Crippen MR) is 61.5 cm³/mol. The molecule has 1 heterocycles. The Balaban J connectivity index is 2.48. The Morgan fingerprint density at radius 1 is 1.60 bits per heavy atom. The maximum Gasteiger partial charge on any atom is 0.237 e. The van der Waals surface area contributed by atoms with Gasteiger partial charge in [-0.15, -0.1) is 0 Å². The van der Waals surface area contributed by atoms with Gasteiger partial charge in [0.15, 0.2) is 0 Å². The van der Waals surface area contributed by atoms with Gasteiger partial charge in [-0.05, 0) is 38.8 Å². The van der Waals surface area contributed by atoms with Crippen LogP contribution in [0, 0.1) is 5.92 Å². The molecule has 0 radical (unpaired) electrons. The average Bonchev–Trinajstić information content (AvgIpc) is 2.42. The van der Waals surface area contributed by atoms with E-state index in [2.05, 4.69) is 17.1 Å². The molecule has 1 rings (SSSR count). The molecule has 4 nitrogen and oxygen atoms in total. The molecule has 0 aliphatic carbocycles. The molecule has 4 heteroatoms. The third-order valence-corrected chi connectivity index (χ3v) is 3.04. The summed E-state index contributed by atoms with van der Waals surface area (Å²) in [6, 6.07) is 0.0431. The van der Waals surface area contributed by atoms with Gasteiger partial charge in [0.25, 0.3) is 0 Å². The van der Waals surface area contributed by atoms with Crippen LogP contribution in [-0.2, 0) is 4.79 Å². The van der Waals surface area contributed by atoms with Crippen LogP contribution in [0.15, 0.2) is 0 Å². The van der Waals surface area contributed by atoms with Crippen molar-refractivity contribution in [2.75, 3.05) is 26.7 Å². The van der Waals surface area contributed by atoms with E-state index < -0.39 is 0 Å². The minimum Gasteiger partial charge on any atom is -0.355 e. The van der Waals surface area contributed by atoms with Crippen molar-refractivity contribution in [3.63, 3.8) is 0 Å². The number of hydrogen-bond donors (Lipinski definition) is 2. The third kappa shape index (κ3) is 3.80. The smallest absolute Gasteiger partial charge is 0.237 e. The summed E-state index contributed by atoms with van der Waals surface area (Å²) in [4.78, 5) is 13.9. The van der Waals surface area contributed by atoms with Gasteiger partial charge in [-0.3, -0.25) is 9.69 Å². The van der Waals surface area contributed by atoms with Gasteiger partial charge in [0.1, 0.15) is 0 Å². The molecular weight excluding hydrogens is 190 g/mol. The Bertz CT molecular complexity index is 208. The quantitative estimate of drug-likeness (QED) is 0.700. The summed E-state index contributed by atoms with van der Waals surface area (Å²) in [7, 11) is 2.02. The van der Waals surface area contributed by atoms with Crippen molar-refractivity contribution in [1.82, 2.24) is 10.2 Å². The van der Waals surface area contributed by atoms with E-state index in [1.165, 1.54) is 0 Å². The largest absolute Gasteiger partial charge is 0.355 e. The first-order valence-electron chi connectivity index (χ1n) is 5.83. The zero-order chi connectivity index (χ0) is 11.3. The molecule has 15 heavy (non-hydrogen) atoms. The molecule has 88 valence electrons. The van der Waals surface area contributed by atoms with Crippen LogP contribution < -0.4 is 11.1 Å². The lowest BCUT2D eigenvalue weighted by Gasteiger charge is -2.27. The van der Waals surface area contributed by atoms with E-state index >= 15 is 0 Å². The van der Waals surface area contributed by atoms with Crippen LogP contribution in [0.3, 0.4) is 0 Å². The molecule has 2 atom stereocenters. The van der Waals surface area contributed by atoms with Crippen LogP contribution in [0.25, 0.3) is 0 Å². The molecular formula is C11H23N3O. The highest BCUT2D eigenvalue weighted by Crippen LogP contribution is 2.12. The monoisotopic (exact) mass is 213 g/mol. The van der Waals surface area contributed by atoms with Crippen molar-refractivity contribution in [2.24, 2.45) is 11.7 Å². The first-order valence-corrected chi connectivity index (χ1v) is 5.83. The van der Waals surface area contributed by atoms with E-state index in [1.807, 2.05) is 7.05 Å². The van der Waals surface area contributed by atoms with Gasteiger partial charge in [0.05, 0.1) is 6.04 Å². The minimum absolute atomic E-state index is 0.0431. The first kappa shape index (κ1) is 12.5. The van der Waals surface area contributed by atoms with Gasteiger partial charge in [-0.1, -0.05) is 6.92 Å². The van der Waals surface area contributed by atoms with Crippen molar-refractivity contribution >= 4 is 5.91 Å². The van der Waals surface area contributed by atoms with Gasteiger partial charge >= 0.3 is 0 Å². The minimum atomic E-state index is 0.0431. The molecule has 1 saturated heterocycles. The number of nitrogens with one attached hydrogen (secondary N) is 1. The van der Waals surface area contributed by atoms with E-state index in [0.29, 0.717) is 12.5 Å². The molecule has 0 aromatic rings. The zero-order valence-corrected chi connectivity index (χ0v) is 9.83. The fourth-order valence-electron chi connectivity index (χ4n) is 2.04. The number of likely N-dealkylation sites (N-methyl/N-ethyl adjacent to an activating group) is 1. The summed E-state index contributed by atoms with van der Waals surface area (Å²) in [6.45, 7) is 4.52. The summed E-state index contributed by atoms with van der Waals surface area (Å²) < 4.78 is 0. The van der Waals surface area contributed by atoms with E-state index in [9.17, 15) is 4.79 Å². The number of nitrogens with zero attached hydrogens (tertiary/aromatic N) is 1. The van der Waals surface area contributed by atoms with Crippen LogP contribution in [-0.4, -0.2) is 43.5 Å². The van der Waals surface area contributed by atoms with Crippen molar-refractivity contribution in [3.8, 4) is 0 Å². The number of hydrogen-bond acceptors (Lipinski definition) is 3. The van der Waals surface area contributed by atoms with Crippen molar-refractivity contribution in [1.29, 1.82) is 0 Å². The summed E-state index contributed by atoms with van der Waals surface area (Å²) in [5.74, 6) is 0.630. The highest BCUT2D eigenvalue weighted by atomic mass is 16.2. The molecule has 2 unspecified atom stereocenters. The van der Waals surface area contributed by atoms with E-state index in [1.54, 1.807) is 0 Å². The molecule has 0 aromatic heterocycles. The van der Waals surface area contributed by atoms with Crippen molar-refractivity contribution < 1.29 is 4.79 Å². The van der Waals surface area contributed by atoms with Gasteiger partial charge in [-0.2, -0.15) is 0 Å². The number of rotatable bonds is 4. The third-order valence-electron chi connectivity index (χ3n) is 3.04. The lowest BCUT2D eigenvalue weighted by atomic mass is 10.1. The maximum absolute atomic E-state index is 11.7. The molecule has 3 N–H and O–H groups in total. The number of nitrogens with two attached hydrogens (primary N) is 1. The fourth-order valence-corrected chi connectivity index (χ4v) is 2.04. The van der Waals surface area contributed by atoms with Gasteiger partial charge in [-0.25, -0.2) is 0 Å². The number of amides is 1. The topological polar surface area (TPSA) is 58.4 Å². The van der Waals surface area contributed by atoms with Crippen LogP contribution >= 0.6 is 0 Å². The lowest BCUT2D eigenvalue weighted by molar-refractivity contribution is -0.125. The maximum atomic E-state index is 11.7. The first-order chi connectivity index (χ1) is 7.15. The van der Waals surface area contributed by atoms with Crippen LogP contribution in [0.5, 0.6) is 0 Å². The predicted octanol–water partition coefficient (Wildman–Crippen LogP) is 0.182. The molecule has 1 aliphatic heterocycles. The van der Waals surface area contributed by atoms with Crippen molar-refractivity contribution in [2.45, 2.75) is 32.2 Å². The van der Waals surface area contributed by atoms with Crippen LogP contribution in [0.4, 0.5) is 0 Å². The molecule has 1 fully saturated rings. The van der Waals surface area contributed by atoms with Crippen LogP contribution in [0.1, 0.15) is 26.2 Å². The van der Waals surface area contributed by atoms with Crippen molar-refractivity contribution in [3.05, 3.63) is 0 Å². The highest BCUT2D eigenvalue weighted by molar-refractivity contribution is 5.81. The fraction of sp³-hybridized carbons (Fsp3) is 0.909. The Hall–Kier alpha value is -0.610. The summed E-state index contributed by atoms with van der Waals surface area (Å²) in [5.41, 5.74) is 5.59. The second-order valence-electron chi connectivity index (χ2n) is 4.58. The van der Waals surface area contributed by atoms with E-state index in [-0.39, 0.29) is 11.9 Å². The van der Waals surface area contributed by atoms with Crippen LogP contribution in [0.2, 0.25) is 0 Å². The van der Waals surface area contributed by atoms with E-state index in [4.69, 9.17) is 5.73 Å². The lowest BCUT2D eigenvalue weighted by Crippen LogP contribution is -2.45. The molecule has 1 aliphatic rings. The Morgan fingerprint density at radius 3 is 3.00 bits per heavy atom. The Morgan fingerprint density at radius 2 is 2.33 bits per heavy atom. The summed E-state index contributed by atoms with van der Waals surface area (Å²) in [6.07, 6.45) is 3.20. The molecule has 0 bridgehead atoms. The molecule has 1 amide bonds. The second kappa shape index (κ2) is 6.08. The Kier molecular flexibility index (Phi) is 5.05. The molecule has 0 saturated carbocycles. The number of carbonyl (C=O) groups excluding carboxylic acids is 1. The average molecular weight is 213 g/mol. The van der Waals surface area contributed by atoms with Gasteiger partial charge in [0, 0.05) is 13.1 Å². The SMILES string of the molecule is CC(CN)CN(C)C1CCCCNC1=O. The normalized spacial score (nSPS) is 24.8. The highest BCUT2D eigenvalue weighted by Gasteiger charge is 2.25. The zero-order valence-electron chi connectivity index (χ0n) is 9.83. The second-order valence-corrected chi connectivity index (χ2v) is 4.58. The summed E-state index contributed by atoms with van der Waals surface area (Å²) in [5, 5.41) is 2.95.